The minimum absolute atomic E-state index is 0.385. The van der Waals surface area contributed by atoms with Gasteiger partial charge in [-0.3, -0.25) is 0 Å². The fourth-order valence-electron chi connectivity index (χ4n) is 3.12. The van der Waals surface area contributed by atoms with E-state index in [4.69, 9.17) is 25.7 Å². The minimum atomic E-state index is -0.489. The Morgan fingerprint density at radius 3 is 2.39 bits per heavy atom. The minimum Gasteiger partial charge on any atom is -0.493 e. The van der Waals surface area contributed by atoms with E-state index in [2.05, 4.69) is 10.2 Å². The van der Waals surface area contributed by atoms with Crippen molar-refractivity contribution in [3.05, 3.63) is 23.9 Å². The fraction of sp³-hybridized carbons (Fsp3) is 0.550. The predicted octanol–water partition coefficient (Wildman–Crippen LogP) is 2.39. The van der Waals surface area contributed by atoms with Gasteiger partial charge in [0.15, 0.2) is 11.5 Å². The number of ether oxygens (including phenoxy) is 3. The molecule has 1 aromatic rings. The lowest BCUT2D eigenvalue weighted by atomic mass is 9.94. The summed E-state index contributed by atoms with van der Waals surface area (Å²) in [5.74, 6) is 1.64. The number of hydrogen-bond acceptors (Lipinski definition) is 7. The van der Waals surface area contributed by atoms with Crippen molar-refractivity contribution in [1.29, 1.82) is 0 Å². The van der Waals surface area contributed by atoms with Gasteiger partial charge in [0.05, 0.1) is 19.9 Å². The third kappa shape index (κ3) is 5.37. The Morgan fingerprint density at radius 2 is 1.86 bits per heavy atom. The maximum absolute atomic E-state index is 11.7. The van der Waals surface area contributed by atoms with Crippen LogP contribution in [0.2, 0.25) is 0 Å². The molecule has 28 heavy (non-hydrogen) atoms. The average molecular weight is 393 g/mol. The standard InChI is InChI=1S/C20H32N4O4/c1-20(2,3)28-19(25)23-7-6-13-11-24(12-13)16(10-21)14-8-17(26-4)18(27-5)9-15(14)22/h8-10,13H,6-7,11-12,21-22H2,1-5H3,(H,23,25)/b16-10+. The molecule has 8 nitrogen and oxygen atoms in total. The number of methoxy groups -OCH3 is 2. The van der Waals surface area contributed by atoms with Crippen molar-refractivity contribution >= 4 is 17.5 Å². The molecule has 8 heteroatoms. The quantitative estimate of drug-likeness (QED) is 0.611. The number of nitrogens with zero attached hydrogens (tertiary/aromatic N) is 1. The molecule has 1 aliphatic heterocycles. The number of carbonyl (C=O) groups excluding carboxylic acids is 1. The molecule has 0 atom stereocenters. The van der Waals surface area contributed by atoms with Crippen molar-refractivity contribution < 1.29 is 19.0 Å². The molecule has 0 bridgehead atoms. The highest BCUT2D eigenvalue weighted by Gasteiger charge is 2.30. The first-order valence-corrected chi connectivity index (χ1v) is 9.34. The zero-order chi connectivity index (χ0) is 20.9. The van der Waals surface area contributed by atoms with Crippen molar-refractivity contribution in [1.82, 2.24) is 10.2 Å². The second-order valence-corrected chi connectivity index (χ2v) is 7.83. The van der Waals surface area contributed by atoms with Crippen LogP contribution in [0.15, 0.2) is 18.3 Å². The van der Waals surface area contributed by atoms with Crippen molar-refractivity contribution in [3.63, 3.8) is 0 Å². The van der Waals surface area contributed by atoms with Crippen LogP contribution in [0.25, 0.3) is 5.70 Å². The van der Waals surface area contributed by atoms with E-state index in [0.29, 0.717) is 29.6 Å². The number of amides is 1. The molecule has 0 unspecified atom stereocenters. The van der Waals surface area contributed by atoms with Crippen LogP contribution >= 0.6 is 0 Å². The largest absolute Gasteiger partial charge is 0.493 e. The van der Waals surface area contributed by atoms with E-state index in [0.717, 1.165) is 30.8 Å². The fourth-order valence-corrected chi connectivity index (χ4v) is 3.12. The van der Waals surface area contributed by atoms with E-state index >= 15 is 0 Å². The summed E-state index contributed by atoms with van der Waals surface area (Å²) in [6.45, 7) is 7.79. The highest BCUT2D eigenvalue weighted by atomic mass is 16.6. The van der Waals surface area contributed by atoms with E-state index in [1.54, 1.807) is 26.5 Å². The summed E-state index contributed by atoms with van der Waals surface area (Å²) in [4.78, 5) is 13.9. The highest BCUT2D eigenvalue weighted by Crippen LogP contribution is 2.38. The van der Waals surface area contributed by atoms with Gasteiger partial charge in [0.2, 0.25) is 0 Å². The number of hydrogen-bond donors (Lipinski definition) is 3. The summed E-state index contributed by atoms with van der Waals surface area (Å²) in [7, 11) is 3.16. The third-order valence-electron chi connectivity index (χ3n) is 4.51. The second-order valence-electron chi connectivity index (χ2n) is 7.83. The van der Waals surface area contributed by atoms with Crippen LogP contribution in [0.3, 0.4) is 0 Å². The summed E-state index contributed by atoms with van der Waals surface area (Å²) in [5.41, 5.74) is 13.8. The lowest BCUT2D eigenvalue weighted by molar-refractivity contribution is 0.0518. The number of likely N-dealkylation sites (tertiary alicyclic amines) is 1. The number of rotatable bonds is 7. The molecular formula is C20H32N4O4. The molecular weight excluding hydrogens is 360 g/mol. The molecule has 1 saturated heterocycles. The molecule has 0 saturated carbocycles. The van der Waals surface area contributed by atoms with E-state index < -0.39 is 5.60 Å². The smallest absolute Gasteiger partial charge is 0.407 e. The maximum atomic E-state index is 11.7. The number of nitrogen functional groups attached to an aromatic ring is 1. The van der Waals surface area contributed by atoms with Crippen molar-refractivity contribution in [3.8, 4) is 11.5 Å². The first kappa shape index (κ1) is 21.5. The molecule has 156 valence electrons. The van der Waals surface area contributed by atoms with Crippen LogP contribution in [0.1, 0.15) is 32.8 Å². The number of carbonyl (C=O) groups is 1. The number of alkyl carbamates (subject to hydrolysis) is 1. The molecule has 0 radical (unpaired) electrons. The molecule has 2 rings (SSSR count). The van der Waals surface area contributed by atoms with Crippen LogP contribution in [0.5, 0.6) is 11.5 Å². The molecule has 1 heterocycles. The van der Waals surface area contributed by atoms with Gasteiger partial charge in [0, 0.05) is 43.2 Å². The topological polar surface area (TPSA) is 112 Å². The summed E-state index contributed by atoms with van der Waals surface area (Å²) in [6.07, 6.45) is 2.05. The Labute approximate surface area is 166 Å². The van der Waals surface area contributed by atoms with Crippen molar-refractivity contribution in [2.45, 2.75) is 32.8 Å². The second kappa shape index (κ2) is 8.95. The monoisotopic (exact) mass is 392 g/mol. The number of benzene rings is 1. The Bertz CT molecular complexity index is 722. The molecule has 1 aliphatic rings. The maximum Gasteiger partial charge on any atom is 0.407 e. The van der Waals surface area contributed by atoms with Crippen molar-refractivity contribution in [2.75, 3.05) is 39.6 Å². The normalized spacial score (nSPS) is 15.0. The SMILES string of the molecule is COc1cc(N)c(/C(=C\N)N2CC(CCNC(=O)OC(C)(C)C)C2)cc1OC. The highest BCUT2D eigenvalue weighted by molar-refractivity contribution is 5.77. The molecule has 0 aliphatic carbocycles. The Kier molecular flexibility index (Phi) is 6.88. The lowest BCUT2D eigenvalue weighted by Crippen LogP contribution is -2.47. The van der Waals surface area contributed by atoms with Crippen LogP contribution in [-0.4, -0.2) is 50.4 Å². The Hall–Kier alpha value is -2.77. The Balaban J connectivity index is 1.90. The average Bonchev–Trinajstić information content (AvgIpc) is 2.58. The van der Waals surface area contributed by atoms with Crippen LogP contribution in [-0.2, 0) is 4.74 Å². The first-order valence-electron chi connectivity index (χ1n) is 9.34. The third-order valence-corrected chi connectivity index (χ3v) is 4.51. The molecule has 1 fully saturated rings. The summed E-state index contributed by atoms with van der Waals surface area (Å²) < 4.78 is 15.9. The number of nitrogens with one attached hydrogen (secondary N) is 1. The molecule has 0 aromatic heterocycles. The summed E-state index contributed by atoms with van der Waals surface area (Å²) in [5, 5.41) is 2.80. The first-order chi connectivity index (χ1) is 13.2. The molecule has 1 amide bonds. The predicted molar refractivity (Wildman–Crippen MR) is 110 cm³/mol. The van der Waals surface area contributed by atoms with Gasteiger partial charge in [0.25, 0.3) is 0 Å². The molecule has 0 spiro atoms. The van der Waals surface area contributed by atoms with Crippen LogP contribution < -0.4 is 26.3 Å². The van der Waals surface area contributed by atoms with Gasteiger partial charge in [-0.05, 0) is 39.2 Å². The van der Waals surface area contributed by atoms with Gasteiger partial charge < -0.3 is 35.9 Å². The van der Waals surface area contributed by atoms with Gasteiger partial charge in [-0.15, -0.1) is 0 Å². The van der Waals surface area contributed by atoms with Gasteiger partial charge in [-0.1, -0.05) is 0 Å². The van der Waals surface area contributed by atoms with E-state index in [-0.39, 0.29) is 6.09 Å². The van der Waals surface area contributed by atoms with E-state index in [9.17, 15) is 4.79 Å². The van der Waals surface area contributed by atoms with Crippen LogP contribution in [0, 0.1) is 5.92 Å². The van der Waals surface area contributed by atoms with Gasteiger partial charge in [-0.25, -0.2) is 4.79 Å². The number of nitrogens with two attached hydrogens (primary N) is 2. The molecule has 1 aromatic carbocycles. The zero-order valence-electron chi connectivity index (χ0n) is 17.4. The summed E-state index contributed by atoms with van der Waals surface area (Å²) in [6, 6.07) is 3.57. The van der Waals surface area contributed by atoms with E-state index in [1.165, 1.54) is 0 Å². The van der Waals surface area contributed by atoms with Crippen LogP contribution in [0.4, 0.5) is 10.5 Å². The van der Waals surface area contributed by atoms with Gasteiger partial charge >= 0.3 is 6.09 Å². The number of anilines is 1. The van der Waals surface area contributed by atoms with E-state index in [1.807, 2.05) is 26.8 Å². The van der Waals surface area contributed by atoms with Crippen molar-refractivity contribution in [2.24, 2.45) is 11.7 Å². The van der Waals surface area contributed by atoms with Gasteiger partial charge in [-0.2, -0.15) is 0 Å². The zero-order valence-corrected chi connectivity index (χ0v) is 17.4. The van der Waals surface area contributed by atoms with Gasteiger partial charge in [0.1, 0.15) is 5.60 Å². The lowest BCUT2D eigenvalue weighted by Gasteiger charge is -2.42. The Morgan fingerprint density at radius 1 is 1.25 bits per heavy atom. The summed E-state index contributed by atoms with van der Waals surface area (Å²) >= 11 is 0. The molecule has 5 N–H and O–H groups in total.